The van der Waals surface area contributed by atoms with Gasteiger partial charge < -0.3 is 18.4 Å². The van der Waals surface area contributed by atoms with Crippen LogP contribution in [0.5, 0.6) is 11.5 Å². The zero-order chi connectivity index (χ0) is 28.3. The van der Waals surface area contributed by atoms with Crippen LogP contribution in [-0.2, 0) is 30.8 Å². The fourth-order valence-corrected chi connectivity index (χ4v) is 4.52. The highest BCUT2D eigenvalue weighted by atomic mass is 32.2. The number of carbonyl (C=O) groups is 1. The summed E-state index contributed by atoms with van der Waals surface area (Å²) in [7, 11) is -5.27. The molecule has 208 valence electrons. The van der Waals surface area contributed by atoms with Crippen molar-refractivity contribution >= 4 is 21.8 Å². The van der Waals surface area contributed by atoms with Crippen LogP contribution >= 0.6 is 0 Å². The van der Waals surface area contributed by atoms with Crippen molar-refractivity contribution < 1.29 is 49.7 Å². The van der Waals surface area contributed by atoms with Gasteiger partial charge in [-0.1, -0.05) is 19.4 Å². The fourth-order valence-electron chi connectivity index (χ4n) is 4.03. The van der Waals surface area contributed by atoms with Gasteiger partial charge in [0.15, 0.2) is 6.10 Å². The molecule has 38 heavy (non-hydrogen) atoms. The number of aryl methyl sites for hydroxylation is 2. The number of nitrogens with zero attached hydrogens (tertiary/aromatic N) is 1. The van der Waals surface area contributed by atoms with E-state index in [4.69, 9.17) is 14.2 Å². The van der Waals surface area contributed by atoms with Crippen molar-refractivity contribution in [2.24, 2.45) is 0 Å². The third-order valence-electron chi connectivity index (χ3n) is 5.84. The third-order valence-corrected chi connectivity index (χ3v) is 6.79. The molecule has 0 aliphatic carbocycles. The summed E-state index contributed by atoms with van der Waals surface area (Å²) >= 11 is 0. The van der Waals surface area contributed by atoms with E-state index in [-0.39, 0.29) is 23.3 Å². The minimum absolute atomic E-state index is 0.0429. The normalized spacial score (nSPS) is 14.3. The number of hydrogen-bond donors (Lipinski definition) is 0. The van der Waals surface area contributed by atoms with Crippen LogP contribution in [0.15, 0.2) is 24.3 Å². The van der Waals surface area contributed by atoms with E-state index in [0.717, 1.165) is 13.2 Å². The summed E-state index contributed by atoms with van der Waals surface area (Å²) in [6.45, 7) is 3.74. The number of fused-ring (bicyclic) bond motifs is 1. The lowest BCUT2D eigenvalue weighted by Crippen LogP contribution is -2.29. The van der Waals surface area contributed by atoms with Crippen LogP contribution < -0.4 is 8.92 Å². The Bertz CT molecular complexity index is 1330. The second-order valence-electron chi connectivity index (χ2n) is 8.47. The standard InChI is InChI=1S/C24H26F3NO9S/c1-4-5-10-36-22(23(29)34-3)19-14(2)12-17(28(30)31)21(37-38(32,33)24(25,26)27)20(19)16-8-9-18-15(13-16)7-6-11-35-18/h8-9,12-13,22H,4-7,10-11H2,1-3H3. The van der Waals surface area contributed by atoms with E-state index in [0.29, 0.717) is 43.6 Å². The topological polar surface area (TPSA) is 131 Å². The van der Waals surface area contributed by atoms with E-state index in [1.54, 1.807) is 0 Å². The van der Waals surface area contributed by atoms with Gasteiger partial charge >= 0.3 is 27.3 Å². The molecule has 14 heteroatoms. The first-order valence-electron chi connectivity index (χ1n) is 11.6. The van der Waals surface area contributed by atoms with Gasteiger partial charge in [-0.2, -0.15) is 21.6 Å². The third kappa shape index (κ3) is 6.01. The van der Waals surface area contributed by atoms with Gasteiger partial charge in [-0.05, 0) is 55.0 Å². The van der Waals surface area contributed by atoms with Gasteiger partial charge in [-0.15, -0.1) is 0 Å². The summed E-state index contributed by atoms with van der Waals surface area (Å²) in [5, 5.41) is 11.9. The number of alkyl halides is 3. The molecule has 0 amide bonds. The molecule has 1 unspecified atom stereocenters. The molecule has 0 saturated carbocycles. The van der Waals surface area contributed by atoms with E-state index in [1.165, 1.54) is 25.1 Å². The smallest absolute Gasteiger partial charge is 0.493 e. The first kappa shape index (κ1) is 29.2. The van der Waals surface area contributed by atoms with Gasteiger partial charge in [-0.3, -0.25) is 10.1 Å². The number of carbonyl (C=O) groups excluding carboxylic acids is 1. The van der Waals surface area contributed by atoms with Crippen LogP contribution in [0.3, 0.4) is 0 Å². The molecule has 1 aliphatic rings. The van der Waals surface area contributed by atoms with Crippen molar-refractivity contribution in [3.63, 3.8) is 0 Å². The maximum Gasteiger partial charge on any atom is 0.534 e. The zero-order valence-corrected chi connectivity index (χ0v) is 21.6. The molecule has 3 rings (SSSR count). The minimum Gasteiger partial charge on any atom is -0.493 e. The van der Waals surface area contributed by atoms with Crippen LogP contribution in [0.25, 0.3) is 11.1 Å². The second-order valence-corrected chi connectivity index (χ2v) is 10.0. The summed E-state index contributed by atoms with van der Waals surface area (Å²) in [5.41, 5.74) is -6.69. The number of nitro benzene ring substituents is 1. The summed E-state index contributed by atoms with van der Waals surface area (Å²) in [6, 6.07) is 5.24. The molecular weight excluding hydrogens is 535 g/mol. The maximum absolute atomic E-state index is 13.3. The average Bonchev–Trinajstić information content (AvgIpc) is 2.86. The van der Waals surface area contributed by atoms with Crippen molar-refractivity contribution in [2.75, 3.05) is 20.3 Å². The van der Waals surface area contributed by atoms with Crippen molar-refractivity contribution in [3.8, 4) is 22.6 Å². The van der Waals surface area contributed by atoms with Crippen molar-refractivity contribution in [2.45, 2.75) is 51.1 Å². The summed E-state index contributed by atoms with van der Waals surface area (Å²) in [6.07, 6.45) is 0.802. The molecule has 10 nitrogen and oxygen atoms in total. The van der Waals surface area contributed by atoms with Gasteiger partial charge in [0.25, 0.3) is 0 Å². The van der Waals surface area contributed by atoms with Crippen LogP contribution in [-0.4, -0.2) is 45.1 Å². The lowest BCUT2D eigenvalue weighted by Gasteiger charge is -2.25. The predicted octanol–water partition coefficient (Wildman–Crippen LogP) is 5.15. The number of benzene rings is 2. The van der Waals surface area contributed by atoms with Crippen LogP contribution in [0.4, 0.5) is 18.9 Å². The number of nitro groups is 1. The highest BCUT2D eigenvalue weighted by molar-refractivity contribution is 7.88. The Kier molecular flexibility index (Phi) is 8.87. The molecule has 0 N–H and O–H groups in total. The van der Waals surface area contributed by atoms with Crippen LogP contribution in [0.2, 0.25) is 0 Å². The van der Waals surface area contributed by atoms with E-state index in [2.05, 4.69) is 4.18 Å². The van der Waals surface area contributed by atoms with Crippen molar-refractivity contribution in [1.82, 2.24) is 0 Å². The number of ether oxygens (including phenoxy) is 3. The molecule has 0 fully saturated rings. The van der Waals surface area contributed by atoms with Gasteiger partial charge in [0.05, 0.1) is 18.6 Å². The number of rotatable bonds is 10. The Morgan fingerprint density at radius 2 is 1.97 bits per heavy atom. The first-order chi connectivity index (χ1) is 17.8. The molecule has 2 aromatic carbocycles. The Morgan fingerprint density at radius 3 is 2.58 bits per heavy atom. The van der Waals surface area contributed by atoms with E-state index in [1.807, 2.05) is 6.92 Å². The number of esters is 1. The average molecular weight is 562 g/mol. The Hall–Kier alpha value is -3.39. The monoisotopic (exact) mass is 561 g/mol. The van der Waals surface area contributed by atoms with E-state index < -0.39 is 49.6 Å². The Morgan fingerprint density at radius 1 is 1.26 bits per heavy atom. The first-order valence-corrected chi connectivity index (χ1v) is 13.0. The van der Waals surface area contributed by atoms with Crippen LogP contribution in [0.1, 0.15) is 49.0 Å². The molecule has 1 atom stereocenters. The summed E-state index contributed by atoms with van der Waals surface area (Å²) in [5.74, 6) is -1.64. The fraction of sp³-hybridized carbons (Fsp3) is 0.458. The van der Waals surface area contributed by atoms with Gasteiger partial charge in [0.1, 0.15) is 5.75 Å². The molecule has 2 aromatic rings. The number of unbranched alkanes of at least 4 members (excludes halogenated alkanes) is 1. The van der Waals surface area contributed by atoms with Gasteiger partial charge in [-0.25, -0.2) is 4.79 Å². The SMILES string of the molecule is CCCCOC(C(=O)OC)c1c(C)cc([N+](=O)[O-])c(OS(=O)(=O)C(F)(F)F)c1-c1ccc2c(c1)CCCO2. The summed E-state index contributed by atoms with van der Waals surface area (Å²) in [4.78, 5) is 23.7. The molecule has 0 radical (unpaired) electrons. The molecule has 1 heterocycles. The second kappa shape index (κ2) is 11.6. The Balaban J connectivity index is 2.42. The highest BCUT2D eigenvalue weighted by Gasteiger charge is 2.50. The van der Waals surface area contributed by atoms with Gasteiger partial charge in [0, 0.05) is 23.8 Å². The predicted molar refractivity (Wildman–Crippen MR) is 128 cm³/mol. The van der Waals surface area contributed by atoms with Crippen molar-refractivity contribution in [1.29, 1.82) is 0 Å². The molecule has 0 aromatic heterocycles. The minimum atomic E-state index is -6.34. The maximum atomic E-state index is 13.3. The lowest BCUT2D eigenvalue weighted by atomic mass is 9.89. The largest absolute Gasteiger partial charge is 0.534 e. The van der Waals surface area contributed by atoms with Crippen molar-refractivity contribution in [3.05, 3.63) is 51.1 Å². The number of hydrogen-bond acceptors (Lipinski definition) is 9. The quantitative estimate of drug-likeness (QED) is 0.0964. The molecule has 0 saturated heterocycles. The summed E-state index contributed by atoms with van der Waals surface area (Å²) < 4.78 is 84.7. The zero-order valence-electron chi connectivity index (χ0n) is 20.8. The van der Waals surface area contributed by atoms with Gasteiger partial charge in [0.2, 0.25) is 5.75 Å². The van der Waals surface area contributed by atoms with Crippen LogP contribution in [0, 0.1) is 17.0 Å². The van der Waals surface area contributed by atoms with E-state index in [9.17, 15) is 36.5 Å². The highest BCUT2D eigenvalue weighted by Crippen LogP contribution is 2.48. The molecular formula is C24H26F3NO9S. The number of methoxy groups -OCH3 is 1. The Labute approximate surface area is 216 Å². The molecule has 0 bridgehead atoms. The number of halogens is 3. The lowest BCUT2D eigenvalue weighted by molar-refractivity contribution is -0.385. The van der Waals surface area contributed by atoms with E-state index >= 15 is 0 Å². The molecule has 0 spiro atoms. The molecule has 1 aliphatic heterocycles.